The van der Waals surface area contributed by atoms with E-state index in [2.05, 4.69) is 0 Å². The molecule has 0 saturated heterocycles. The van der Waals surface area contributed by atoms with Crippen LogP contribution in [0.2, 0.25) is 0 Å². The van der Waals surface area contributed by atoms with Crippen molar-refractivity contribution in [1.29, 1.82) is 0 Å². The highest BCUT2D eigenvalue weighted by molar-refractivity contribution is 5.84. The van der Waals surface area contributed by atoms with Crippen LogP contribution < -0.4 is 10.4 Å². The van der Waals surface area contributed by atoms with Crippen LogP contribution in [0.3, 0.4) is 0 Å². The second-order valence-electron chi connectivity index (χ2n) is 6.07. The highest BCUT2D eigenvalue weighted by Gasteiger charge is 2.22. The van der Waals surface area contributed by atoms with Gasteiger partial charge in [-0.2, -0.15) is 4.39 Å². The van der Waals surface area contributed by atoms with Crippen molar-refractivity contribution in [2.45, 2.75) is 47.1 Å². The molecule has 2 rings (SSSR count). The van der Waals surface area contributed by atoms with Gasteiger partial charge in [-0.1, -0.05) is 0 Å². The first-order chi connectivity index (χ1) is 9.11. The Kier molecular flexibility index (Phi) is 3.36. The van der Waals surface area contributed by atoms with Crippen molar-refractivity contribution in [2.75, 3.05) is 0 Å². The van der Waals surface area contributed by atoms with E-state index in [1.165, 1.54) is 0 Å². The SMILES string of the molecule is Cc1cc2c(C)c(C)c(=O)oc2c(F)c1OC(C)(C)C. The van der Waals surface area contributed by atoms with Gasteiger partial charge in [0.1, 0.15) is 5.60 Å². The molecule has 1 heterocycles. The van der Waals surface area contributed by atoms with Gasteiger partial charge in [-0.25, -0.2) is 4.79 Å². The molecule has 0 atom stereocenters. The molecular formula is C16H19FO3. The van der Waals surface area contributed by atoms with E-state index in [9.17, 15) is 9.18 Å². The van der Waals surface area contributed by atoms with Crippen LogP contribution in [-0.4, -0.2) is 5.60 Å². The molecule has 0 aliphatic rings. The van der Waals surface area contributed by atoms with E-state index in [0.717, 1.165) is 5.56 Å². The second-order valence-corrected chi connectivity index (χ2v) is 6.07. The van der Waals surface area contributed by atoms with Gasteiger partial charge in [0.15, 0.2) is 11.3 Å². The lowest BCUT2D eigenvalue weighted by Gasteiger charge is -2.23. The minimum atomic E-state index is -0.616. The van der Waals surface area contributed by atoms with Crippen LogP contribution in [-0.2, 0) is 0 Å². The lowest BCUT2D eigenvalue weighted by molar-refractivity contribution is 0.123. The number of aryl methyl sites for hydroxylation is 2. The Morgan fingerprint density at radius 1 is 1.15 bits per heavy atom. The summed E-state index contributed by atoms with van der Waals surface area (Å²) >= 11 is 0. The van der Waals surface area contributed by atoms with E-state index in [-0.39, 0.29) is 11.3 Å². The average molecular weight is 278 g/mol. The molecule has 20 heavy (non-hydrogen) atoms. The third-order valence-corrected chi connectivity index (χ3v) is 3.24. The molecule has 2 aromatic rings. The molecule has 0 bridgehead atoms. The fourth-order valence-electron chi connectivity index (χ4n) is 2.08. The monoisotopic (exact) mass is 278 g/mol. The van der Waals surface area contributed by atoms with Crippen molar-refractivity contribution in [3.8, 4) is 5.75 Å². The van der Waals surface area contributed by atoms with E-state index in [4.69, 9.17) is 9.15 Å². The Hall–Kier alpha value is -1.84. The minimum Gasteiger partial charge on any atom is -0.485 e. The lowest BCUT2D eigenvalue weighted by Crippen LogP contribution is -2.24. The molecule has 1 aromatic heterocycles. The third kappa shape index (κ3) is 2.42. The van der Waals surface area contributed by atoms with Gasteiger partial charge in [0.2, 0.25) is 5.82 Å². The Labute approximate surface area is 117 Å². The number of halogens is 1. The molecule has 4 heteroatoms. The van der Waals surface area contributed by atoms with Crippen molar-refractivity contribution >= 4 is 11.0 Å². The molecule has 0 radical (unpaired) electrons. The molecule has 0 N–H and O–H groups in total. The predicted molar refractivity (Wildman–Crippen MR) is 77.0 cm³/mol. The number of fused-ring (bicyclic) bond motifs is 1. The molecule has 108 valence electrons. The fourth-order valence-corrected chi connectivity index (χ4v) is 2.08. The molecule has 0 amide bonds. The summed E-state index contributed by atoms with van der Waals surface area (Å²) < 4.78 is 25.3. The van der Waals surface area contributed by atoms with Gasteiger partial charge in [0.05, 0.1) is 0 Å². The van der Waals surface area contributed by atoms with Crippen LogP contribution in [0.4, 0.5) is 4.39 Å². The first kappa shape index (κ1) is 14.6. The molecule has 0 unspecified atom stereocenters. The minimum absolute atomic E-state index is 0.0389. The van der Waals surface area contributed by atoms with Gasteiger partial charge in [-0.15, -0.1) is 0 Å². The number of rotatable bonds is 1. The summed E-state index contributed by atoms with van der Waals surface area (Å²) in [5, 5.41) is 0.610. The first-order valence-electron chi connectivity index (χ1n) is 6.54. The van der Waals surface area contributed by atoms with Crippen LogP contribution in [0, 0.1) is 26.6 Å². The van der Waals surface area contributed by atoms with E-state index in [1.807, 2.05) is 20.8 Å². The molecule has 0 aliphatic carbocycles. The standard InChI is InChI=1S/C16H19FO3/c1-8-7-11-9(2)10(3)15(18)19-14(11)12(17)13(8)20-16(4,5)6/h7H,1-6H3. The quantitative estimate of drug-likeness (QED) is 0.739. The molecule has 0 aliphatic heterocycles. The maximum absolute atomic E-state index is 14.6. The van der Waals surface area contributed by atoms with Crippen molar-refractivity contribution in [3.05, 3.63) is 39.0 Å². The van der Waals surface area contributed by atoms with E-state index >= 15 is 0 Å². The fraction of sp³-hybridized carbons (Fsp3) is 0.438. The van der Waals surface area contributed by atoms with Gasteiger partial charge >= 0.3 is 5.63 Å². The van der Waals surface area contributed by atoms with Crippen molar-refractivity contribution in [1.82, 2.24) is 0 Å². The summed E-state index contributed by atoms with van der Waals surface area (Å²) in [7, 11) is 0. The van der Waals surface area contributed by atoms with Crippen molar-refractivity contribution < 1.29 is 13.5 Å². The van der Waals surface area contributed by atoms with Gasteiger partial charge in [-0.05, 0) is 58.7 Å². The topological polar surface area (TPSA) is 39.4 Å². The summed E-state index contributed by atoms with van der Waals surface area (Å²) in [6.45, 7) is 10.8. The maximum Gasteiger partial charge on any atom is 0.339 e. The van der Waals surface area contributed by atoms with Gasteiger partial charge in [0, 0.05) is 10.9 Å². The summed E-state index contributed by atoms with van der Waals surface area (Å²) in [6, 6.07) is 1.80. The maximum atomic E-state index is 14.6. The highest BCUT2D eigenvalue weighted by atomic mass is 19.1. The zero-order valence-electron chi connectivity index (χ0n) is 12.7. The molecule has 0 spiro atoms. The summed E-state index contributed by atoms with van der Waals surface area (Å²) in [4.78, 5) is 11.7. The van der Waals surface area contributed by atoms with Crippen LogP contribution in [0.1, 0.15) is 37.5 Å². The molecular weight excluding hydrogens is 259 g/mol. The van der Waals surface area contributed by atoms with E-state index in [1.54, 1.807) is 26.8 Å². The highest BCUT2D eigenvalue weighted by Crippen LogP contribution is 2.33. The van der Waals surface area contributed by atoms with Crippen LogP contribution >= 0.6 is 0 Å². The molecule has 3 nitrogen and oxygen atoms in total. The Balaban J connectivity index is 2.83. The van der Waals surface area contributed by atoms with E-state index in [0.29, 0.717) is 16.5 Å². The molecule has 1 aromatic carbocycles. The average Bonchev–Trinajstić information content (AvgIpc) is 2.33. The Bertz CT molecular complexity index is 736. The normalized spacial score (nSPS) is 11.9. The third-order valence-electron chi connectivity index (χ3n) is 3.24. The first-order valence-corrected chi connectivity index (χ1v) is 6.54. The van der Waals surface area contributed by atoms with Crippen LogP contribution in [0.5, 0.6) is 5.75 Å². The second kappa shape index (κ2) is 4.62. The lowest BCUT2D eigenvalue weighted by atomic mass is 10.0. The van der Waals surface area contributed by atoms with Crippen LogP contribution in [0.15, 0.2) is 15.3 Å². The molecule has 0 saturated carbocycles. The summed E-state index contributed by atoms with van der Waals surface area (Å²) in [6.07, 6.45) is 0. The van der Waals surface area contributed by atoms with E-state index < -0.39 is 17.0 Å². The van der Waals surface area contributed by atoms with Crippen LogP contribution in [0.25, 0.3) is 11.0 Å². The number of hydrogen-bond acceptors (Lipinski definition) is 3. The largest absolute Gasteiger partial charge is 0.485 e. The van der Waals surface area contributed by atoms with Gasteiger partial charge in [0.25, 0.3) is 0 Å². The Morgan fingerprint density at radius 3 is 2.30 bits per heavy atom. The predicted octanol–water partition coefficient (Wildman–Crippen LogP) is 4.03. The Morgan fingerprint density at radius 2 is 1.75 bits per heavy atom. The van der Waals surface area contributed by atoms with Gasteiger partial charge in [-0.3, -0.25) is 0 Å². The zero-order chi connectivity index (χ0) is 15.2. The number of hydrogen-bond donors (Lipinski definition) is 0. The smallest absolute Gasteiger partial charge is 0.339 e. The van der Waals surface area contributed by atoms with Gasteiger partial charge < -0.3 is 9.15 Å². The van der Waals surface area contributed by atoms with Crippen molar-refractivity contribution in [3.63, 3.8) is 0 Å². The zero-order valence-corrected chi connectivity index (χ0v) is 12.7. The summed E-state index contributed by atoms with van der Waals surface area (Å²) in [5.41, 5.74) is 0.837. The summed E-state index contributed by atoms with van der Waals surface area (Å²) in [5.74, 6) is -0.480. The number of benzene rings is 1. The molecule has 0 fully saturated rings. The number of ether oxygens (including phenoxy) is 1. The van der Waals surface area contributed by atoms with Crippen molar-refractivity contribution in [2.24, 2.45) is 0 Å².